The summed E-state index contributed by atoms with van der Waals surface area (Å²) in [6, 6.07) is 11.9. The van der Waals surface area contributed by atoms with Crippen LogP contribution in [0.2, 0.25) is 0 Å². The molecule has 19 heavy (non-hydrogen) atoms. The zero-order valence-corrected chi connectivity index (χ0v) is 12.0. The number of halogens is 1. The third-order valence-corrected chi connectivity index (χ3v) is 3.57. The maximum absolute atomic E-state index is 5.23. The predicted molar refractivity (Wildman–Crippen MR) is 76.5 cm³/mol. The second-order valence-electron chi connectivity index (χ2n) is 4.19. The summed E-state index contributed by atoms with van der Waals surface area (Å²) >= 11 is 3.48. The molecule has 5 heteroatoms. The van der Waals surface area contributed by atoms with Crippen molar-refractivity contribution in [2.24, 2.45) is 0 Å². The van der Waals surface area contributed by atoms with Crippen LogP contribution in [-0.4, -0.2) is 21.7 Å². The van der Waals surface area contributed by atoms with Crippen LogP contribution < -0.4 is 4.74 Å². The number of hydrogen-bond acceptors (Lipinski definition) is 3. The number of nitrogens with zero attached hydrogens (tertiary/aromatic N) is 3. The molecule has 1 aromatic carbocycles. The normalized spacial score (nSPS) is 10.8. The first-order valence-electron chi connectivity index (χ1n) is 5.89. The molecule has 0 saturated carbocycles. The Labute approximate surface area is 119 Å². The molecule has 0 unspecified atom stereocenters. The van der Waals surface area contributed by atoms with Crippen molar-refractivity contribution in [2.45, 2.75) is 6.42 Å². The van der Waals surface area contributed by atoms with Crippen LogP contribution in [0.4, 0.5) is 0 Å². The van der Waals surface area contributed by atoms with Crippen LogP contribution in [0.1, 0.15) is 11.4 Å². The van der Waals surface area contributed by atoms with Gasteiger partial charge in [-0.05, 0) is 45.8 Å². The van der Waals surface area contributed by atoms with E-state index in [0.29, 0.717) is 0 Å². The highest BCUT2D eigenvalue weighted by molar-refractivity contribution is 9.10. The maximum atomic E-state index is 5.23. The molecule has 4 nitrogen and oxygen atoms in total. The van der Waals surface area contributed by atoms with Crippen molar-refractivity contribution in [2.75, 3.05) is 7.11 Å². The van der Waals surface area contributed by atoms with E-state index < -0.39 is 0 Å². The van der Waals surface area contributed by atoms with Gasteiger partial charge in [0, 0.05) is 12.6 Å². The number of hydrogen-bond donors (Lipinski definition) is 0. The van der Waals surface area contributed by atoms with Crippen LogP contribution >= 0.6 is 15.9 Å². The fourth-order valence-electron chi connectivity index (χ4n) is 2.02. The van der Waals surface area contributed by atoms with Crippen LogP contribution in [0, 0.1) is 0 Å². The average Bonchev–Trinajstić information content (AvgIpc) is 2.84. The third kappa shape index (κ3) is 2.33. The lowest BCUT2D eigenvalue weighted by Crippen LogP contribution is -1.96. The SMILES string of the molecule is COc1cccc(Cc2nnc3c(Br)cccn23)c1. The second kappa shape index (κ2) is 5.01. The Bertz CT molecular complexity index is 724. The standard InChI is InChI=1S/C14H12BrN3O/c1-19-11-5-2-4-10(8-11)9-13-16-17-14-12(15)6-3-7-18(13)14/h2-8H,9H2,1H3. The molecule has 0 aliphatic carbocycles. The van der Waals surface area contributed by atoms with E-state index in [4.69, 9.17) is 4.74 Å². The molecule has 0 amide bonds. The Morgan fingerprint density at radius 1 is 1.21 bits per heavy atom. The van der Waals surface area contributed by atoms with Crippen LogP contribution in [0.3, 0.4) is 0 Å². The molecule has 0 radical (unpaired) electrons. The fourth-order valence-corrected chi connectivity index (χ4v) is 2.44. The first-order valence-corrected chi connectivity index (χ1v) is 6.68. The lowest BCUT2D eigenvalue weighted by molar-refractivity contribution is 0.414. The molecule has 0 fully saturated rings. The highest BCUT2D eigenvalue weighted by Gasteiger charge is 2.08. The molecule has 0 N–H and O–H groups in total. The lowest BCUT2D eigenvalue weighted by Gasteiger charge is -2.04. The van der Waals surface area contributed by atoms with Gasteiger partial charge in [0.15, 0.2) is 5.65 Å². The number of aromatic nitrogens is 3. The van der Waals surface area contributed by atoms with Crippen LogP contribution in [0.25, 0.3) is 5.65 Å². The van der Waals surface area contributed by atoms with E-state index in [1.54, 1.807) is 7.11 Å². The molecule has 0 saturated heterocycles. The highest BCUT2D eigenvalue weighted by atomic mass is 79.9. The van der Waals surface area contributed by atoms with E-state index >= 15 is 0 Å². The highest BCUT2D eigenvalue weighted by Crippen LogP contribution is 2.19. The van der Waals surface area contributed by atoms with E-state index in [1.807, 2.05) is 40.9 Å². The quantitative estimate of drug-likeness (QED) is 0.745. The summed E-state index contributed by atoms with van der Waals surface area (Å²) in [5, 5.41) is 8.44. The molecule has 0 aliphatic rings. The van der Waals surface area contributed by atoms with Gasteiger partial charge in [-0.25, -0.2) is 0 Å². The van der Waals surface area contributed by atoms with Crippen molar-refractivity contribution in [3.05, 3.63) is 58.5 Å². The summed E-state index contributed by atoms with van der Waals surface area (Å²) in [7, 11) is 1.67. The fraction of sp³-hybridized carbons (Fsp3) is 0.143. The number of benzene rings is 1. The van der Waals surface area contributed by atoms with Gasteiger partial charge in [0.05, 0.1) is 11.6 Å². The number of ether oxygens (including phenoxy) is 1. The molecule has 0 aliphatic heterocycles. The zero-order chi connectivity index (χ0) is 13.2. The van der Waals surface area contributed by atoms with Gasteiger partial charge in [0.1, 0.15) is 11.6 Å². The van der Waals surface area contributed by atoms with Gasteiger partial charge >= 0.3 is 0 Å². The summed E-state index contributed by atoms with van der Waals surface area (Å²) in [5.41, 5.74) is 1.98. The predicted octanol–water partition coefficient (Wildman–Crippen LogP) is 3.09. The molecular formula is C14H12BrN3O. The average molecular weight is 318 g/mol. The topological polar surface area (TPSA) is 39.4 Å². The number of pyridine rings is 1. The van der Waals surface area contributed by atoms with Gasteiger partial charge in [0.25, 0.3) is 0 Å². The van der Waals surface area contributed by atoms with Crippen molar-refractivity contribution in [1.82, 2.24) is 14.6 Å². The first kappa shape index (κ1) is 12.2. The van der Waals surface area contributed by atoms with Crippen molar-refractivity contribution >= 4 is 21.6 Å². The minimum atomic E-state index is 0.717. The molecule has 0 bridgehead atoms. The van der Waals surface area contributed by atoms with Gasteiger partial charge in [0.2, 0.25) is 0 Å². The van der Waals surface area contributed by atoms with E-state index in [-0.39, 0.29) is 0 Å². The summed E-state index contributed by atoms with van der Waals surface area (Å²) in [4.78, 5) is 0. The van der Waals surface area contributed by atoms with Gasteiger partial charge in [-0.2, -0.15) is 0 Å². The Morgan fingerprint density at radius 2 is 2.11 bits per heavy atom. The maximum Gasteiger partial charge on any atom is 0.175 e. The monoisotopic (exact) mass is 317 g/mol. The lowest BCUT2D eigenvalue weighted by atomic mass is 10.1. The molecule has 0 atom stereocenters. The van der Waals surface area contributed by atoms with Gasteiger partial charge in [-0.1, -0.05) is 12.1 Å². The first-order chi connectivity index (χ1) is 9.28. The number of fused-ring (bicyclic) bond motifs is 1. The summed E-state index contributed by atoms with van der Waals surface area (Å²) in [5.74, 6) is 1.76. The van der Waals surface area contributed by atoms with E-state index in [2.05, 4.69) is 32.2 Å². The Hall–Kier alpha value is -1.88. The van der Waals surface area contributed by atoms with Crippen LogP contribution in [0.5, 0.6) is 5.75 Å². The Balaban J connectivity index is 1.99. The molecule has 0 spiro atoms. The van der Waals surface area contributed by atoms with Gasteiger partial charge < -0.3 is 4.74 Å². The van der Waals surface area contributed by atoms with Crippen molar-refractivity contribution in [3.8, 4) is 5.75 Å². The molecular weight excluding hydrogens is 306 g/mol. The minimum Gasteiger partial charge on any atom is -0.497 e. The number of methoxy groups -OCH3 is 1. The van der Waals surface area contributed by atoms with Crippen molar-refractivity contribution in [1.29, 1.82) is 0 Å². The van der Waals surface area contributed by atoms with E-state index in [1.165, 1.54) is 0 Å². The Morgan fingerprint density at radius 3 is 2.95 bits per heavy atom. The second-order valence-corrected chi connectivity index (χ2v) is 5.05. The van der Waals surface area contributed by atoms with Crippen molar-refractivity contribution in [3.63, 3.8) is 0 Å². The van der Waals surface area contributed by atoms with Gasteiger partial charge in [-0.3, -0.25) is 4.40 Å². The molecule has 2 heterocycles. The summed E-state index contributed by atoms with van der Waals surface area (Å²) in [6.45, 7) is 0. The molecule has 96 valence electrons. The van der Waals surface area contributed by atoms with Crippen LogP contribution in [-0.2, 0) is 6.42 Å². The zero-order valence-electron chi connectivity index (χ0n) is 10.4. The van der Waals surface area contributed by atoms with E-state index in [9.17, 15) is 0 Å². The molecule has 3 rings (SSSR count). The number of rotatable bonds is 3. The van der Waals surface area contributed by atoms with Crippen molar-refractivity contribution < 1.29 is 4.74 Å². The smallest absolute Gasteiger partial charge is 0.175 e. The molecule has 3 aromatic rings. The third-order valence-electron chi connectivity index (χ3n) is 2.95. The Kier molecular flexibility index (Phi) is 3.21. The molecule has 2 aromatic heterocycles. The summed E-state index contributed by atoms with van der Waals surface area (Å²) < 4.78 is 8.16. The van der Waals surface area contributed by atoms with E-state index in [0.717, 1.165) is 33.7 Å². The van der Waals surface area contributed by atoms with Gasteiger partial charge in [-0.15, -0.1) is 10.2 Å². The summed E-state index contributed by atoms with van der Waals surface area (Å²) in [6.07, 6.45) is 2.68. The minimum absolute atomic E-state index is 0.717. The largest absolute Gasteiger partial charge is 0.497 e. The van der Waals surface area contributed by atoms with Crippen LogP contribution in [0.15, 0.2) is 47.1 Å².